The Bertz CT molecular complexity index is 305. The van der Waals surface area contributed by atoms with Gasteiger partial charge in [-0.3, -0.25) is 4.98 Å². The molecule has 0 bridgehead atoms. The second-order valence-electron chi connectivity index (χ2n) is 4.95. The molecule has 0 unspecified atom stereocenters. The van der Waals surface area contributed by atoms with Crippen LogP contribution in [0.2, 0.25) is 0 Å². The number of likely N-dealkylation sites (tertiary alicyclic amines) is 1. The first-order valence-corrected chi connectivity index (χ1v) is 6.71. The fourth-order valence-corrected chi connectivity index (χ4v) is 2.54. The summed E-state index contributed by atoms with van der Waals surface area (Å²) in [7, 11) is 0. The minimum atomic E-state index is 0.813. The van der Waals surface area contributed by atoms with Crippen LogP contribution in [0.4, 0.5) is 0 Å². The Labute approximate surface area is 104 Å². The van der Waals surface area contributed by atoms with E-state index in [-0.39, 0.29) is 0 Å². The van der Waals surface area contributed by atoms with Crippen molar-refractivity contribution in [1.82, 2.24) is 9.88 Å². The fourth-order valence-electron chi connectivity index (χ4n) is 2.54. The second-order valence-corrected chi connectivity index (χ2v) is 4.95. The summed E-state index contributed by atoms with van der Waals surface area (Å²) in [6, 6.07) is 6.21. The van der Waals surface area contributed by atoms with Crippen LogP contribution in [-0.2, 0) is 6.42 Å². The summed E-state index contributed by atoms with van der Waals surface area (Å²) >= 11 is 0. The minimum Gasteiger partial charge on any atom is -0.330 e. The molecule has 1 fully saturated rings. The SMILES string of the molecule is NCCCN1CCC(Cc2ccccn2)CC1. The number of nitrogens with zero attached hydrogens (tertiary/aromatic N) is 2. The van der Waals surface area contributed by atoms with Gasteiger partial charge in [0.2, 0.25) is 0 Å². The Morgan fingerprint density at radius 2 is 2.12 bits per heavy atom. The molecular formula is C14H23N3. The minimum absolute atomic E-state index is 0.813. The van der Waals surface area contributed by atoms with Crippen molar-refractivity contribution >= 4 is 0 Å². The van der Waals surface area contributed by atoms with E-state index in [0.717, 1.165) is 25.3 Å². The number of pyridine rings is 1. The molecule has 1 aromatic heterocycles. The Hall–Kier alpha value is -0.930. The third-order valence-corrected chi connectivity index (χ3v) is 3.61. The molecule has 2 N–H and O–H groups in total. The molecule has 1 aromatic rings. The molecule has 3 heteroatoms. The molecule has 0 aromatic carbocycles. The molecule has 0 amide bonds. The maximum atomic E-state index is 5.54. The second kappa shape index (κ2) is 6.72. The molecule has 3 nitrogen and oxygen atoms in total. The average Bonchev–Trinajstić information content (AvgIpc) is 2.39. The first kappa shape index (κ1) is 12.5. The summed E-state index contributed by atoms with van der Waals surface area (Å²) in [5, 5.41) is 0. The summed E-state index contributed by atoms with van der Waals surface area (Å²) < 4.78 is 0. The van der Waals surface area contributed by atoms with E-state index in [9.17, 15) is 0 Å². The summed E-state index contributed by atoms with van der Waals surface area (Å²) in [5.41, 5.74) is 6.78. The van der Waals surface area contributed by atoms with Gasteiger partial charge in [-0.05, 0) is 69.9 Å². The normalized spacial score (nSPS) is 18.4. The Kier molecular flexibility index (Phi) is 4.95. The number of aromatic nitrogens is 1. The number of hydrogen-bond acceptors (Lipinski definition) is 3. The first-order chi connectivity index (χ1) is 8.38. The van der Waals surface area contributed by atoms with E-state index in [1.807, 2.05) is 12.3 Å². The monoisotopic (exact) mass is 233 g/mol. The van der Waals surface area contributed by atoms with Gasteiger partial charge in [-0.2, -0.15) is 0 Å². The topological polar surface area (TPSA) is 42.1 Å². The van der Waals surface area contributed by atoms with Gasteiger partial charge in [-0.1, -0.05) is 6.07 Å². The van der Waals surface area contributed by atoms with Crippen molar-refractivity contribution in [2.24, 2.45) is 11.7 Å². The van der Waals surface area contributed by atoms with Crippen LogP contribution >= 0.6 is 0 Å². The van der Waals surface area contributed by atoms with Gasteiger partial charge in [-0.15, -0.1) is 0 Å². The highest BCUT2D eigenvalue weighted by atomic mass is 15.1. The van der Waals surface area contributed by atoms with Crippen LogP contribution in [0.3, 0.4) is 0 Å². The van der Waals surface area contributed by atoms with Gasteiger partial charge in [0, 0.05) is 11.9 Å². The third-order valence-electron chi connectivity index (χ3n) is 3.61. The molecule has 2 heterocycles. The van der Waals surface area contributed by atoms with Crippen LogP contribution in [0, 0.1) is 5.92 Å². The van der Waals surface area contributed by atoms with Gasteiger partial charge >= 0.3 is 0 Å². The van der Waals surface area contributed by atoms with E-state index in [1.54, 1.807) is 0 Å². The zero-order chi connectivity index (χ0) is 11.9. The van der Waals surface area contributed by atoms with Crippen LogP contribution < -0.4 is 5.73 Å². The predicted octanol–water partition coefficient (Wildman–Crippen LogP) is 1.68. The molecular weight excluding hydrogens is 210 g/mol. The molecule has 2 rings (SSSR count). The maximum absolute atomic E-state index is 5.54. The van der Waals surface area contributed by atoms with E-state index in [4.69, 9.17) is 5.73 Å². The summed E-state index contributed by atoms with van der Waals surface area (Å²) in [4.78, 5) is 6.95. The molecule has 0 aliphatic carbocycles. The highest BCUT2D eigenvalue weighted by Crippen LogP contribution is 2.20. The molecule has 0 atom stereocenters. The highest BCUT2D eigenvalue weighted by Gasteiger charge is 2.19. The van der Waals surface area contributed by atoms with Gasteiger partial charge in [-0.25, -0.2) is 0 Å². The Morgan fingerprint density at radius 1 is 1.29 bits per heavy atom. The lowest BCUT2D eigenvalue weighted by Crippen LogP contribution is -2.35. The van der Waals surface area contributed by atoms with Crippen molar-refractivity contribution in [3.63, 3.8) is 0 Å². The zero-order valence-electron chi connectivity index (χ0n) is 10.5. The van der Waals surface area contributed by atoms with Gasteiger partial charge in [0.05, 0.1) is 0 Å². The molecule has 17 heavy (non-hydrogen) atoms. The molecule has 1 aliphatic rings. The third kappa shape index (κ3) is 4.10. The number of hydrogen-bond donors (Lipinski definition) is 1. The van der Waals surface area contributed by atoms with Crippen molar-refractivity contribution < 1.29 is 0 Å². The van der Waals surface area contributed by atoms with Crippen LogP contribution in [0.1, 0.15) is 25.0 Å². The van der Waals surface area contributed by atoms with Crippen molar-refractivity contribution in [3.05, 3.63) is 30.1 Å². The first-order valence-electron chi connectivity index (χ1n) is 6.71. The average molecular weight is 233 g/mol. The molecule has 94 valence electrons. The van der Waals surface area contributed by atoms with Crippen LogP contribution in [0.15, 0.2) is 24.4 Å². The molecule has 0 spiro atoms. The highest BCUT2D eigenvalue weighted by molar-refractivity contribution is 5.04. The number of rotatable bonds is 5. The summed E-state index contributed by atoms with van der Waals surface area (Å²) in [6.07, 6.45) is 6.78. The van der Waals surface area contributed by atoms with Crippen molar-refractivity contribution in [1.29, 1.82) is 0 Å². The lowest BCUT2D eigenvalue weighted by atomic mass is 9.92. The lowest BCUT2D eigenvalue weighted by Gasteiger charge is -2.31. The maximum Gasteiger partial charge on any atom is 0.0406 e. The van der Waals surface area contributed by atoms with E-state index in [1.165, 1.54) is 38.2 Å². The van der Waals surface area contributed by atoms with Crippen LogP contribution in [0.5, 0.6) is 0 Å². The molecule has 1 saturated heterocycles. The largest absolute Gasteiger partial charge is 0.330 e. The zero-order valence-corrected chi connectivity index (χ0v) is 10.5. The van der Waals surface area contributed by atoms with E-state index >= 15 is 0 Å². The Balaban J connectivity index is 1.72. The summed E-state index contributed by atoms with van der Waals surface area (Å²) in [5.74, 6) is 0.819. The standard InChI is InChI=1S/C14H23N3/c15-7-3-9-17-10-5-13(6-11-17)12-14-4-1-2-8-16-14/h1-2,4,8,13H,3,5-7,9-12,15H2. The Morgan fingerprint density at radius 3 is 2.76 bits per heavy atom. The van der Waals surface area contributed by atoms with Gasteiger partial charge < -0.3 is 10.6 Å². The smallest absolute Gasteiger partial charge is 0.0406 e. The van der Waals surface area contributed by atoms with Crippen LogP contribution in [-0.4, -0.2) is 36.1 Å². The van der Waals surface area contributed by atoms with Gasteiger partial charge in [0.25, 0.3) is 0 Å². The predicted molar refractivity (Wildman–Crippen MR) is 70.8 cm³/mol. The summed E-state index contributed by atoms with van der Waals surface area (Å²) in [6.45, 7) is 4.45. The van der Waals surface area contributed by atoms with Gasteiger partial charge in [0.15, 0.2) is 0 Å². The fraction of sp³-hybridized carbons (Fsp3) is 0.643. The van der Waals surface area contributed by atoms with Crippen molar-refractivity contribution in [2.45, 2.75) is 25.7 Å². The van der Waals surface area contributed by atoms with E-state index in [2.05, 4.69) is 22.0 Å². The van der Waals surface area contributed by atoms with Crippen LogP contribution in [0.25, 0.3) is 0 Å². The molecule has 0 radical (unpaired) electrons. The van der Waals surface area contributed by atoms with E-state index in [0.29, 0.717) is 0 Å². The number of nitrogens with two attached hydrogens (primary N) is 1. The number of piperidine rings is 1. The van der Waals surface area contributed by atoms with Crippen molar-refractivity contribution in [2.75, 3.05) is 26.2 Å². The van der Waals surface area contributed by atoms with E-state index < -0.39 is 0 Å². The molecule has 0 saturated carbocycles. The lowest BCUT2D eigenvalue weighted by molar-refractivity contribution is 0.182. The molecule has 1 aliphatic heterocycles. The quantitative estimate of drug-likeness (QED) is 0.841. The van der Waals surface area contributed by atoms with Crippen molar-refractivity contribution in [3.8, 4) is 0 Å². The van der Waals surface area contributed by atoms with Gasteiger partial charge in [0.1, 0.15) is 0 Å².